The first-order valence-electron chi connectivity index (χ1n) is 19.4. The number of hydrogen-bond donors (Lipinski definition) is 0. The van der Waals surface area contributed by atoms with Gasteiger partial charge in [0.05, 0.1) is 0 Å². The summed E-state index contributed by atoms with van der Waals surface area (Å²) in [4.78, 5) is 0. The van der Waals surface area contributed by atoms with Crippen molar-refractivity contribution in [3.63, 3.8) is 0 Å². The van der Waals surface area contributed by atoms with Gasteiger partial charge in [-0.25, -0.2) is 0 Å². The van der Waals surface area contributed by atoms with Gasteiger partial charge < -0.3 is 9.47 Å². The molecule has 0 rings (SSSR count). The second kappa shape index (κ2) is 34.4. The van der Waals surface area contributed by atoms with Crippen molar-refractivity contribution in [3.05, 3.63) is 0 Å². The van der Waals surface area contributed by atoms with Gasteiger partial charge in [-0.1, -0.05) is 206 Å². The molecule has 0 N–H and O–H groups in total. The Labute approximate surface area is 261 Å². The zero-order valence-corrected chi connectivity index (χ0v) is 29.4. The summed E-state index contributed by atoms with van der Waals surface area (Å²) < 4.78 is 12.1. The summed E-state index contributed by atoms with van der Waals surface area (Å²) in [7, 11) is 0. The smallest absolute Gasteiger partial charge is 0.162 e. The minimum atomic E-state index is -0.426. The van der Waals surface area contributed by atoms with Gasteiger partial charge in [0, 0.05) is 13.2 Å². The van der Waals surface area contributed by atoms with Crippen LogP contribution in [0.1, 0.15) is 233 Å². The third-order valence-corrected chi connectivity index (χ3v) is 8.90. The fraction of sp³-hybridized carbons (Fsp3) is 1.00. The highest BCUT2D eigenvalue weighted by molar-refractivity contribution is 4.56. The van der Waals surface area contributed by atoms with E-state index in [4.69, 9.17) is 9.47 Å². The number of rotatable bonds is 36. The van der Waals surface area contributed by atoms with Crippen LogP contribution in [0.25, 0.3) is 0 Å². The van der Waals surface area contributed by atoms with Crippen molar-refractivity contribution >= 4 is 0 Å². The van der Waals surface area contributed by atoms with Gasteiger partial charge in [-0.2, -0.15) is 0 Å². The molecule has 0 aromatic heterocycles. The highest BCUT2D eigenvalue weighted by Crippen LogP contribution is 2.17. The molecule has 0 fully saturated rings. The average molecular weight is 581 g/mol. The van der Waals surface area contributed by atoms with Crippen molar-refractivity contribution in [2.75, 3.05) is 13.2 Å². The van der Waals surface area contributed by atoms with Crippen LogP contribution in [0.4, 0.5) is 0 Å². The third-order valence-electron chi connectivity index (χ3n) is 8.90. The van der Waals surface area contributed by atoms with E-state index in [1.165, 1.54) is 205 Å². The van der Waals surface area contributed by atoms with E-state index in [-0.39, 0.29) is 0 Å². The summed E-state index contributed by atoms with van der Waals surface area (Å²) in [6, 6.07) is 0. The predicted molar refractivity (Wildman–Crippen MR) is 185 cm³/mol. The number of unbranched alkanes of at least 4 members (excludes halogenated alkanes) is 30. The maximum Gasteiger partial charge on any atom is 0.162 e. The molecule has 2 heteroatoms. The molecule has 0 amide bonds. The molecule has 0 atom stereocenters. The van der Waals surface area contributed by atoms with Crippen molar-refractivity contribution < 1.29 is 9.47 Å². The van der Waals surface area contributed by atoms with Crippen LogP contribution in [-0.2, 0) is 9.47 Å². The highest BCUT2D eigenvalue weighted by Gasteiger charge is 2.18. The Kier molecular flexibility index (Phi) is 34.3. The van der Waals surface area contributed by atoms with E-state index in [2.05, 4.69) is 27.7 Å². The minimum Gasteiger partial charge on any atom is -0.351 e. The first-order valence-corrected chi connectivity index (χ1v) is 19.4. The second-order valence-electron chi connectivity index (χ2n) is 13.7. The maximum atomic E-state index is 6.06. The number of hydrogen-bond acceptors (Lipinski definition) is 2. The van der Waals surface area contributed by atoms with Gasteiger partial charge in [0.15, 0.2) is 5.79 Å². The van der Waals surface area contributed by atoms with E-state index in [1.54, 1.807) is 0 Å². The molecule has 0 aliphatic rings. The van der Waals surface area contributed by atoms with Gasteiger partial charge in [-0.3, -0.25) is 0 Å². The van der Waals surface area contributed by atoms with Crippen molar-refractivity contribution in [1.29, 1.82) is 0 Å². The predicted octanol–water partition coefficient (Wildman–Crippen LogP) is 14.3. The Balaban J connectivity index is 3.26. The molecule has 0 radical (unpaired) electrons. The fourth-order valence-electron chi connectivity index (χ4n) is 5.98. The van der Waals surface area contributed by atoms with E-state index in [0.29, 0.717) is 0 Å². The zero-order chi connectivity index (χ0) is 30.0. The SMILES string of the molecule is CCCCCCCCCCCCCCCCCCOC(C)(C)OCCCCCCCCCCCCCCCCCC. The second-order valence-corrected chi connectivity index (χ2v) is 13.7. The van der Waals surface area contributed by atoms with Crippen LogP contribution in [-0.4, -0.2) is 19.0 Å². The van der Waals surface area contributed by atoms with Crippen molar-refractivity contribution in [2.24, 2.45) is 0 Å². The number of ether oxygens (including phenoxy) is 2. The Morgan fingerprint density at radius 1 is 0.268 bits per heavy atom. The molecule has 0 spiro atoms. The lowest BCUT2D eigenvalue weighted by Gasteiger charge is -2.25. The standard InChI is InChI=1S/C39H80O2/c1-5-7-9-11-13-15-17-19-21-23-25-27-29-31-33-35-37-40-39(3,4)41-38-36-34-32-30-28-26-24-22-20-18-16-14-12-10-8-6-2/h5-38H2,1-4H3. The Hall–Kier alpha value is -0.0800. The van der Waals surface area contributed by atoms with E-state index in [9.17, 15) is 0 Å². The van der Waals surface area contributed by atoms with Gasteiger partial charge in [0.25, 0.3) is 0 Å². The molecular weight excluding hydrogens is 500 g/mol. The minimum absolute atomic E-state index is 0.426. The molecule has 0 saturated heterocycles. The van der Waals surface area contributed by atoms with Gasteiger partial charge >= 0.3 is 0 Å². The molecule has 41 heavy (non-hydrogen) atoms. The molecule has 0 bridgehead atoms. The summed E-state index contributed by atoms with van der Waals surface area (Å²) in [5.74, 6) is -0.426. The lowest BCUT2D eigenvalue weighted by atomic mass is 10.0. The van der Waals surface area contributed by atoms with E-state index >= 15 is 0 Å². The summed E-state index contributed by atoms with van der Waals surface area (Å²) in [5, 5.41) is 0. The van der Waals surface area contributed by atoms with Crippen LogP contribution in [0.2, 0.25) is 0 Å². The molecule has 248 valence electrons. The molecule has 0 heterocycles. The summed E-state index contributed by atoms with van der Waals surface area (Å²) in [6.45, 7) is 10.5. The van der Waals surface area contributed by atoms with Crippen LogP contribution in [0, 0.1) is 0 Å². The normalized spacial score (nSPS) is 12.0. The van der Waals surface area contributed by atoms with Crippen LogP contribution in [0.5, 0.6) is 0 Å². The van der Waals surface area contributed by atoms with Gasteiger partial charge in [0.2, 0.25) is 0 Å². The highest BCUT2D eigenvalue weighted by atomic mass is 16.7. The van der Waals surface area contributed by atoms with Crippen molar-refractivity contribution in [2.45, 2.75) is 239 Å². The first-order chi connectivity index (χ1) is 20.1. The van der Waals surface area contributed by atoms with Crippen LogP contribution < -0.4 is 0 Å². The summed E-state index contributed by atoms with van der Waals surface area (Å²) in [6.07, 6.45) is 45.1. The van der Waals surface area contributed by atoms with Crippen LogP contribution >= 0.6 is 0 Å². The zero-order valence-electron chi connectivity index (χ0n) is 29.4. The van der Waals surface area contributed by atoms with E-state index in [1.807, 2.05) is 0 Å². The molecule has 2 nitrogen and oxygen atoms in total. The van der Waals surface area contributed by atoms with Crippen LogP contribution in [0.3, 0.4) is 0 Å². The molecule has 0 aliphatic carbocycles. The van der Waals surface area contributed by atoms with Gasteiger partial charge in [-0.15, -0.1) is 0 Å². The van der Waals surface area contributed by atoms with E-state index in [0.717, 1.165) is 13.2 Å². The third kappa shape index (κ3) is 36.0. The molecule has 0 aliphatic heterocycles. The molecule has 0 aromatic carbocycles. The lowest BCUT2D eigenvalue weighted by Crippen LogP contribution is -2.29. The molecule has 0 saturated carbocycles. The van der Waals surface area contributed by atoms with E-state index < -0.39 is 5.79 Å². The molecule has 0 aromatic rings. The quantitative estimate of drug-likeness (QED) is 0.0542. The van der Waals surface area contributed by atoms with Gasteiger partial charge in [-0.05, 0) is 26.7 Å². The Morgan fingerprint density at radius 2 is 0.439 bits per heavy atom. The molecule has 0 unspecified atom stereocenters. The summed E-state index contributed by atoms with van der Waals surface area (Å²) >= 11 is 0. The van der Waals surface area contributed by atoms with Crippen molar-refractivity contribution in [3.8, 4) is 0 Å². The van der Waals surface area contributed by atoms with Crippen LogP contribution in [0.15, 0.2) is 0 Å². The van der Waals surface area contributed by atoms with Crippen molar-refractivity contribution in [1.82, 2.24) is 0 Å². The Bertz CT molecular complexity index is 420. The average Bonchev–Trinajstić information content (AvgIpc) is 2.96. The topological polar surface area (TPSA) is 18.5 Å². The summed E-state index contributed by atoms with van der Waals surface area (Å²) in [5.41, 5.74) is 0. The maximum absolute atomic E-state index is 6.06. The Morgan fingerprint density at radius 3 is 0.634 bits per heavy atom. The first kappa shape index (κ1) is 40.9. The lowest BCUT2D eigenvalue weighted by molar-refractivity contribution is -0.214. The monoisotopic (exact) mass is 581 g/mol. The largest absolute Gasteiger partial charge is 0.351 e. The van der Waals surface area contributed by atoms with Gasteiger partial charge in [0.1, 0.15) is 0 Å². The molecular formula is C39H80O2. The fourth-order valence-corrected chi connectivity index (χ4v) is 5.98.